The van der Waals surface area contributed by atoms with Gasteiger partial charge >= 0.3 is 0 Å². The van der Waals surface area contributed by atoms with Crippen LogP contribution in [0.5, 0.6) is 0 Å². The van der Waals surface area contributed by atoms with Gasteiger partial charge in [-0.05, 0) is 70.8 Å². The minimum Gasteiger partial charge on any atom is -0.463 e. The molecule has 1 aliphatic heterocycles. The smallest absolute Gasteiger partial charge is 0.259 e. The zero-order valence-corrected chi connectivity index (χ0v) is 21.9. The van der Waals surface area contributed by atoms with E-state index in [1.165, 1.54) is 6.26 Å². The number of aromatic amines is 1. The predicted molar refractivity (Wildman–Crippen MR) is 142 cm³/mol. The Morgan fingerprint density at radius 3 is 2.81 bits per heavy atom. The first-order valence-electron chi connectivity index (χ1n) is 11.2. The monoisotopic (exact) mass is 607 g/mol. The molecule has 2 aromatic carbocycles. The number of halogens is 2. The average Bonchev–Trinajstić information content (AvgIpc) is 3.57. The number of benzene rings is 2. The number of ether oxygens (including phenoxy) is 2. The van der Waals surface area contributed by atoms with E-state index < -0.39 is 6.04 Å². The molecule has 1 aliphatic carbocycles. The Hall–Kier alpha value is -3.70. The Balaban J connectivity index is 1.38. The normalized spacial score (nSPS) is 16.0. The van der Waals surface area contributed by atoms with Crippen molar-refractivity contribution in [2.45, 2.75) is 18.9 Å². The fourth-order valence-corrected chi connectivity index (χ4v) is 5.45. The first kappa shape index (κ1) is 22.7. The Morgan fingerprint density at radius 1 is 1.08 bits per heavy atom. The zero-order chi connectivity index (χ0) is 24.5. The number of allylic oxidation sites excluding steroid dienone is 4. The van der Waals surface area contributed by atoms with Gasteiger partial charge in [0.1, 0.15) is 12.3 Å². The molecule has 0 amide bonds. The molecular weight excluding hydrogens is 590 g/mol. The van der Waals surface area contributed by atoms with Crippen molar-refractivity contribution in [2.24, 2.45) is 0 Å². The first-order chi connectivity index (χ1) is 17.6. The lowest BCUT2D eigenvalue weighted by atomic mass is 10.0. The Bertz CT molecular complexity index is 1550. The van der Waals surface area contributed by atoms with Gasteiger partial charge in [-0.15, -0.1) is 5.10 Å². The molecule has 0 bridgehead atoms. The molecule has 6 rings (SSSR count). The summed E-state index contributed by atoms with van der Waals surface area (Å²) in [6.45, 7) is 0. The van der Waals surface area contributed by atoms with Crippen molar-refractivity contribution < 1.29 is 9.47 Å². The number of nitrogens with zero attached hydrogens (tertiary/aromatic N) is 5. The Morgan fingerprint density at radius 2 is 1.97 bits per heavy atom. The van der Waals surface area contributed by atoms with Crippen LogP contribution in [-0.2, 0) is 9.47 Å². The second kappa shape index (κ2) is 9.75. The molecule has 2 N–H and O–H groups in total. The number of imidazole rings is 1. The van der Waals surface area contributed by atoms with Crippen LogP contribution in [0.25, 0.3) is 16.9 Å². The average molecular weight is 609 g/mol. The second-order valence-corrected chi connectivity index (χ2v) is 10.0. The van der Waals surface area contributed by atoms with E-state index in [0.717, 1.165) is 49.6 Å². The molecule has 0 radical (unpaired) electrons. The number of hydrogen-bond donors (Lipinski definition) is 2. The summed E-state index contributed by atoms with van der Waals surface area (Å²) in [5.74, 6) is 1.53. The van der Waals surface area contributed by atoms with Gasteiger partial charge in [0.2, 0.25) is 0 Å². The largest absolute Gasteiger partial charge is 0.463 e. The number of nitrogens with one attached hydrogen (secondary N) is 2. The molecule has 0 saturated carbocycles. The lowest BCUT2D eigenvalue weighted by Gasteiger charge is -2.23. The Labute approximate surface area is 222 Å². The molecule has 1 atom stereocenters. The first-order valence-corrected chi connectivity index (χ1v) is 12.8. The van der Waals surface area contributed by atoms with Crippen molar-refractivity contribution in [1.29, 1.82) is 0 Å². The molecule has 0 fully saturated rings. The maximum Gasteiger partial charge on any atom is 0.259 e. The van der Waals surface area contributed by atoms with E-state index in [-0.39, 0.29) is 0 Å². The number of anilines is 1. The molecule has 0 saturated heterocycles. The topological polar surface area (TPSA) is 103 Å². The SMILES string of the molecule is Brc1cc(Br)cc(C(Nc2ccc3nc[nH]c3c2)c2nnnn2C2=COC=C(C3=CC=CCC3)O2)c1. The summed E-state index contributed by atoms with van der Waals surface area (Å²) in [6.07, 6.45) is 12.7. The predicted octanol–water partition coefficient (Wildman–Crippen LogP) is 6.20. The number of H-pyrrole nitrogens is 1. The molecule has 180 valence electrons. The summed E-state index contributed by atoms with van der Waals surface area (Å²) in [4.78, 5) is 7.46. The highest BCUT2D eigenvalue weighted by molar-refractivity contribution is 9.11. The van der Waals surface area contributed by atoms with Gasteiger partial charge in [0.15, 0.2) is 17.8 Å². The third-order valence-electron chi connectivity index (χ3n) is 5.80. The summed E-state index contributed by atoms with van der Waals surface area (Å²) >= 11 is 7.20. The summed E-state index contributed by atoms with van der Waals surface area (Å²) in [7, 11) is 0. The molecule has 1 unspecified atom stereocenters. The maximum absolute atomic E-state index is 6.20. The lowest BCUT2D eigenvalue weighted by Crippen LogP contribution is -2.20. The van der Waals surface area contributed by atoms with Gasteiger partial charge in [-0.3, -0.25) is 0 Å². The van der Waals surface area contributed by atoms with Crippen LogP contribution in [-0.4, -0.2) is 30.2 Å². The molecule has 0 spiro atoms. The van der Waals surface area contributed by atoms with E-state index in [0.29, 0.717) is 17.5 Å². The molecule has 3 heterocycles. The number of aromatic nitrogens is 6. The number of hydrogen-bond acceptors (Lipinski definition) is 7. The van der Waals surface area contributed by atoms with Crippen LogP contribution in [0.1, 0.15) is 30.3 Å². The summed E-state index contributed by atoms with van der Waals surface area (Å²) in [5, 5.41) is 16.2. The van der Waals surface area contributed by atoms with Gasteiger partial charge in [0.25, 0.3) is 5.88 Å². The fourth-order valence-electron chi connectivity index (χ4n) is 4.12. The molecule has 2 aromatic heterocycles. The van der Waals surface area contributed by atoms with Crippen molar-refractivity contribution in [2.75, 3.05) is 5.32 Å². The quantitative estimate of drug-likeness (QED) is 0.269. The van der Waals surface area contributed by atoms with Crippen LogP contribution in [0.15, 0.2) is 93.8 Å². The van der Waals surface area contributed by atoms with E-state index in [2.05, 4.69) is 68.7 Å². The van der Waals surface area contributed by atoms with E-state index in [1.54, 1.807) is 17.3 Å². The van der Waals surface area contributed by atoms with Crippen molar-refractivity contribution >= 4 is 54.5 Å². The fraction of sp³-hybridized carbons (Fsp3) is 0.120. The van der Waals surface area contributed by atoms with Crippen molar-refractivity contribution in [3.05, 3.63) is 105 Å². The lowest BCUT2D eigenvalue weighted by molar-refractivity contribution is 0.262. The van der Waals surface area contributed by atoms with Gasteiger partial charge < -0.3 is 19.8 Å². The number of fused-ring (bicyclic) bond motifs is 1. The van der Waals surface area contributed by atoms with Crippen molar-refractivity contribution in [3.63, 3.8) is 0 Å². The van der Waals surface area contributed by atoms with Crippen molar-refractivity contribution in [3.8, 4) is 0 Å². The highest BCUT2D eigenvalue weighted by Gasteiger charge is 2.27. The molecule has 36 heavy (non-hydrogen) atoms. The van der Waals surface area contributed by atoms with E-state index in [4.69, 9.17) is 9.47 Å². The number of tetrazole rings is 1. The summed E-state index contributed by atoms with van der Waals surface area (Å²) in [6, 6.07) is 11.5. The minimum absolute atomic E-state index is 0.368. The Kier molecular flexibility index (Phi) is 6.16. The summed E-state index contributed by atoms with van der Waals surface area (Å²) < 4.78 is 15.2. The van der Waals surface area contributed by atoms with Crippen LogP contribution >= 0.6 is 31.9 Å². The van der Waals surface area contributed by atoms with Crippen LogP contribution in [0, 0.1) is 0 Å². The highest BCUT2D eigenvalue weighted by Crippen LogP contribution is 2.33. The van der Waals surface area contributed by atoms with Gasteiger partial charge in [-0.2, -0.15) is 4.68 Å². The summed E-state index contributed by atoms with van der Waals surface area (Å²) in [5.41, 5.74) is 4.67. The van der Waals surface area contributed by atoms with Crippen LogP contribution in [0.4, 0.5) is 5.69 Å². The maximum atomic E-state index is 6.20. The van der Waals surface area contributed by atoms with Gasteiger partial charge in [0, 0.05) is 14.6 Å². The third kappa shape index (κ3) is 4.59. The standard InChI is InChI=1S/C25H19Br2N7O2/c26-17-8-16(9-18(27)10-17)24(30-19-6-7-20-21(11-19)29-14-28-20)25-31-32-33-34(25)23-13-35-12-22(36-23)15-4-2-1-3-5-15/h1-2,4,6-14,24,30H,3,5H2,(H,28,29). The minimum atomic E-state index is -0.426. The number of rotatable bonds is 6. The second-order valence-electron chi connectivity index (χ2n) is 8.20. The highest BCUT2D eigenvalue weighted by atomic mass is 79.9. The molecular formula is C25H19Br2N7O2. The van der Waals surface area contributed by atoms with Gasteiger partial charge in [-0.25, -0.2) is 4.98 Å². The van der Waals surface area contributed by atoms with Crippen LogP contribution in [0.3, 0.4) is 0 Å². The van der Waals surface area contributed by atoms with Gasteiger partial charge in [0.05, 0.1) is 17.4 Å². The molecule has 2 aliphatic rings. The van der Waals surface area contributed by atoms with Crippen molar-refractivity contribution in [1.82, 2.24) is 30.2 Å². The molecule has 4 aromatic rings. The van der Waals surface area contributed by atoms with E-state index in [9.17, 15) is 0 Å². The van der Waals surface area contributed by atoms with E-state index in [1.807, 2.05) is 48.6 Å². The molecule has 9 nitrogen and oxygen atoms in total. The third-order valence-corrected chi connectivity index (χ3v) is 6.71. The zero-order valence-electron chi connectivity index (χ0n) is 18.7. The van der Waals surface area contributed by atoms with Crippen LogP contribution < -0.4 is 5.32 Å². The molecule has 11 heteroatoms. The van der Waals surface area contributed by atoms with Crippen LogP contribution in [0.2, 0.25) is 0 Å². The van der Waals surface area contributed by atoms with E-state index >= 15 is 0 Å². The van der Waals surface area contributed by atoms with Gasteiger partial charge in [-0.1, -0.05) is 50.1 Å².